The average Bonchev–Trinajstić information content (AvgIpc) is 3.14. The zero-order valence-corrected chi connectivity index (χ0v) is 15.4. The van der Waals surface area contributed by atoms with Gasteiger partial charge >= 0.3 is 0 Å². The van der Waals surface area contributed by atoms with Gasteiger partial charge < -0.3 is 9.88 Å². The van der Waals surface area contributed by atoms with Gasteiger partial charge in [-0.1, -0.05) is 37.6 Å². The molecule has 0 amide bonds. The number of aromatic nitrogens is 4. The molecule has 0 saturated carbocycles. The van der Waals surface area contributed by atoms with Gasteiger partial charge in [0.2, 0.25) is 0 Å². The van der Waals surface area contributed by atoms with Crippen molar-refractivity contribution < 1.29 is 0 Å². The molecule has 0 aliphatic rings. The Kier molecular flexibility index (Phi) is 5.96. The van der Waals surface area contributed by atoms with Gasteiger partial charge in [-0.3, -0.25) is 9.48 Å². The molecular formula is C20H25N5O. The maximum absolute atomic E-state index is 12.0. The second-order valence-corrected chi connectivity index (χ2v) is 6.50. The van der Waals surface area contributed by atoms with E-state index in [1.165, 1.54) is 0 Å². The van der Waals surface area contributed by atoms with Crippen LogP contribution in [0.1, 0.15) is 24.6 Å². The number of aromatic amines is 1. The molecule has 6 nitrogen and oxygen atoms in total. The van der Waals surface area contributed by atoms with E-state index in [0.29, 0.717) is 5.82 Å². The number of hydrogen-bond donors (Lipinski definition) is 1. The lowest BCUT2D eigenvalue weighted by molar-refractivity contribution is 0.305. The van der Waals surface area contributed by atoms with Crippen LogP contribution < -0.4 is 5.56 Å². The van der Waals surface area contributed by atoms with Crippen LogP contribution in [0.5, 0.6) is 0 Å². The van der Waals surface area contributed by atoms with Crippen LogP contribution in [-0.2, 0) is 19.5 Å². The number of aryl methyl sites for hydroxylation is 1. The highest BCUT2D eigenvalue weighted by Crippen LogP contribution is 2.21. The van der Waals surface area contributed by atoms with Crippen LogP contribution in [0.25, 0.3) is 11.4 Å². The molecule has 6 heteroatoms. The molecule has 0 saturated heterocycles. The Balaban J connectivity index is 1.78. The van der Waals surface area contributed by atoms with Crippen molar-refractivity contribution in [2.75, 3.05) is 13.6 Å². The predicted octanol–water partition coefficient (Wildman–Crippen LogP) is 2.72. The van der Waals surface area contributed by atoms with Gasteiger partial charge in [-0.15, -0.1) is 0 Å². The van der Waals surface area contributed by atoms with Crippen LogP contribution in [0.4, 0.5) is 0 Å². The number of benzene rings is 1. The van der Waals surface area contributed by atoms with Crippen LogP contribution >= 0.6 is 0 Å². The van der Waals surface area contributed by atoms with Gasteiger partial charge in [0, 0.05) is 42.8 Å². The highest BCUT2D eigenvalue weighted by atomic mass is 16.1. The highest BCUT2D eigenvalue weighted by Gasteiger charge is 2.11. The summed E-state index contributed by atoms with van der Waals surface area (Å²) in [5.74, 6) is 0.650. The maximum atomic E-state index is 12.0. The molecule has 2 aromatic heterocycles. The Bertz CT molecular complexity index is 885. The summed E-state index contributed by atoms with van der Waals surface area (Å²) < 4.78 is 1.93. The van der Waals surface area contributed by atoms with Crippen LogP contribution in [0.15, 0.2) is 53.6 Å². The number of nitrogens with one attached hydrogen (secondary N) is 1. The first-order chi connectivity index (χ1) is 12.7. The van der Waals surface area contributed by atoms with Crippen molar-refractivity contribution in [3.63, 3.8) is 0 Å². The van der Waals surface area contributed by atoms with E-state index in [4.69, 9.17) is 0 Å². The minimum absolute atomic E-state index is 0.0970. The molecule has 0 unspecified atom stereocenters. The van der Waals surface area contributed by atoms with E-state index in [-0.39, 0.29) is 5.56 Å². The third kappa shape index (κ3) is 4.67. The summed E-state index contributed by atoms with van der Waals surface area (Å²) >= 11 is 0. The number of H-pyrrole nitrogens is 1. The molecule has 0 bridgehead atoms. The predicted molar refractivity (Wildman–Crippen MR) is 103 cm³/mol. The fourth-order valence-corrected chi connectivity index (χ4v) is 2.98. The fraction of sp³-hybridized carbons (Fsp3) is 0.350. The van der Waals surface area contributed by atoms with Gasteiger partial charge in [0.15, 0.2) is 0 Å². The summed E-state index contributed by atoms with van der Waals surface area (Å²) in [5, 5.41) is 4.24. The second kappa shape index (κ2) is 8.58. The van der Waals surface area contributed by atoms with Crippen molar-refractivity contribution >= 4 is 0 Å². The largest absolute Gasteiger partial charge is 0.307 e. The lowest BCUT2D eigenvalue weighted by Crippen LogP contribution is -2.23. The smallest absolute Gasteiger partial charge is 0.251 e. The molecular weight excluding hydrogens is 326 g/mol. The van der Waals surface area contributed by atoms with E-state index in [9.17, 15) is 4.79 Å². The lowest BCUT2D eigenvalue weighted by atomic mass is 10.1. The summed E-state index contributed by atoms with van der Waals surface area (Å²) in [5.41, 5.74) is 2.87. The summed E-state index contributed by atoms with van der Waals surface area (Å²) in [6, 6.07) is 11.6. The Morgan fingerprint density at radius 2 is 2.08 bits per heavy atom. The van der Waals surface area contributed by atoms with E-state index in [0.717, 1.165) is 49.3 Å². The summed E-state index contributed by atoms with van der Waals surface area (Å²) in [7, 11) is 2.09. The molecule has 2 heterocycles. The Labute approximate surface area is 153 Å². The Morgan fingerprint density at radius 3 is 2.85 bits per heavy atom. The topological polar surface area (TPSA) is 66.8 Å². The lowest BCUT2D eigenvalue weighted by Gasteiger charge is -2.18. The quantitative estimate of drug-likeness (QED) is 0.678. The minimum Gasteiger partial charge on any atom is -0.307 e. The zero-order chi connectivity index (χ0) is 18.4. The SMILES string of the molecule is CCCc1cc(=O)[nH]c(-c2ccccc2CN(C)CCn2cccn2)n1. The Morgan fingerprint density at radius 1 is 1.23 bits per heavy atom. The third-order valence-corrected chi connectivity index (χ3v) is 4.28. The van der Waals surface area contributed by atoms with Crippen molar-refractivity contribution in [1.29, 1.82) is 0 Å². The monoisotopic (exact) mass is 351 g/mol. The molecule has 1 N–H and O–H groups in total. The molecule has 3 aromatic rings. The van der Waals surface area contributed by atoms with Crippen LogP contribution in [0.2, 0.25) is 0 Å². The first-order valence-corrected chi connectivity index (χ1v) is 9.00. The van der Waals surface area contributed by atoms with Gasteiger partial charge in [0.25, 0.3) is 5.56 Å². The second-order valence-electron chi connectivity index (χ2n) is 6.50. The van der Waals surface area contributed by atoms with E-state index in [2.05, 4.69) is 40.0 Å². The van der Waals surface area contributed by atoms with E-state index >= 15 is 0 Å². The molecule has 0 radical (unpaired) electrons. The van der Waals surface area contributed by atoms with Crippen LogP contribution in [0.3, 0.4) is 0 Å². The number of nitrogens with zero attached hydrogens (tertiary/aromatic N) is 4. The molecule has 0 aliphatic heterocycles. The number of rotatable bonds is 8. The van der Waals surface area contributed by atoms with Gasteiger partial charge in [0.1, 0.15) is 5.82 Å². The normalized spacial score (nSPS) is 11.2. The average molecular weight is 351 g/mol. The van der Waals surface area contributed by atoms with E-state index < -0.39 is 0 Å². The van der Waals surface area contributed by atoms with Crippen molar-refractivity contribution in [2.45, 2.75) is 32.9 Å². The zero-order valence-electron chi connectivity index (χ0n) is 15.4. The fourth-order valence-electron chi connectivity index (χ4n) is 2.98. The first kappa shape index (κ1) is 18.1. The molecule has 0 atom stereocenters. The minimum atomic E-state index is -0.0970. The molecule has 136 valence electrons. The maximum Gasteiger partial charge on any atom is 0.251 e. The van der Waals surface area contributed by atoms with E-state index in [1.807, 2.05) is 35.1 Å². The van der Waals surface area contributed by atoms with Crippen molar-refractivity contribution in [2.24, 2.45) is 0 Å². The highest BCUT2D eigenvalue weighted by molar-refractivity contribution is 5.60. The van der Waals surface area contributed by atoms with Crippen LogP contribution in [-0.4, -0.2) is 38.2 Å². The van der Waals surface area contributed by atoms with Crippen molar-refractivity contribution in [3.8, 4) is 11.4 Å². The van der Waals surface area contributed by atoms with Gasteiger partial charge in [-0.2, -0.15) is 5.10 Å². The molecule has 26 heavy (non-hydrogen) atoms. The summed E-state index contributed by atoms with van der Waals surface area (Å²) in [6.45, 7) is 4.59. The van der Waals surface area contributed by atoms with Gasteiger partial charge in [-0.25, -0.2) is 4.98 Å². The Hall–Kier alpha value is -2.73. The van der Waals surface area contributed by atoms with Crippen molar-refractivity contribution in [3.05, 3.63) is 70.4 Å². The van der Waals surface area contributed by atoms with Crippen molar-refractivity contribution in [1.82, 2.24) is 24.6 Å². The van der Waals surface area contributed by atoms with Gasteiger partial charge in [0.05, 0.1) is 6.54 Å². The van der Waals surface area contributed by atoms with E-state index in [1.54, 1.807) is 12.3 Å². The number of hydrogen-bond acceptors (Lipinski definition) is 4. The first-order valence-electron chi connectivity index (χ1n) is 9.00. The summed E-state index contributed by atoms with van der Waals surface area (Å²) in [4.78, 5) is 21.8. The number of likely N-dealkylation sites (N-methyl/N-ethyl adjacent to an activating group) is 1. The standard InChI is InChI=1S/C20H25N5O/c1-3-7-17-14-19(26)23-20(22-17)18-9-5-4-8-16(18)15-24(2)12-13-25-11-6-10-21-25/h4-6,8-11,14H,3,7,12-13,15H2,1-2H3,(H,22,23,26). The molecule has 0 spiro atoms. The molecule has 0 aliphatic carbocycles. The third-order valence-electron chi connectivity index (χ3n) is 4.28. The van der Waals surface area contributed by atoms with Gasteiger partial charge in [-0.05, 0) is 25.1 Å². The van der Waals surface area contributed by atoms with Crippen LogP contribution in [0, 0.1) is 0 Å². The molecule has 0 fully saturated rings. The summed E-state index contributed by atoms with van der Waals surface area (Å²) in [6.07, 6.45) is 5.53. The molecule has 1 aromatic carbocycles. The molecule has 3 rings (SSSR count).